The molecule has 2 rings (SSSR count). The molecule has 1 aromatic carbocycles. The maximum absolute atomic E-state index is 5.01. The van der Waals surface area contributed by atoms with E-state index >= 15 is 0 Å². The molecule has 0 amide bonds. The van der Waals surface area contributed by atoms with E-state index in [4.69, 9.17) is 14.2 Å². The number of hydrogen-bond donors (Lipinski definition) is 0. The first kappa shape index (κ1) is 6.34. The van der Waals surface area contributed by atoms with E-state index in [1.807, 2.05) is 6.07 Å². The van der Waals surface area contributed by atoms with Crippen molar-refractivity contribution in [3.8, 4) is 17.2 Å². The molecule has 1 aromatic rings. The molecule has 0 aliphatic carbocycles. The molecular weight excluding hydrogens is 144 g/mol. The summed E-state index contributed by atoms with van der Waals surface area (Å²) in [7, 11) is 1.61. The molecule has 1 aliphatic heterocycles. The number of rotatable bonds is 1. The van der Waals surface area contributed by atoms with Crippen LogP contribution in [0.3, 0.4) is 0 Å². The molecule has 0 aromatic heterocycles. The number of methoxy groups -OCH3 is 1. The summed E-state index contributed by atoms with van der Waals surface area (Å²) in [6.07, 6.45) is 0. The van der Waals surface area contributed by atoms with Gasteiger partial charge in [-0.25, -0.2) is 0 Å². The molecule has 0 saturated carbocycles. The van der Waals surface area contributed by atoms with Crippen molar-refractivity contribution in [2.24, 2.45) is 0 Å². The van der Waals surface area contributed by atoms with E-state index in [0.717, 1.165) is 11.5 Å². The van der Waals surface area contributed by atoms with Crippen LogP contribution in [0.1, 0.15) is 0 Å². The lowest BCUT2D eigenvalue weighted by Gasteiger charge is -1.99. The fourth-order valence-electron chi connectivity index (χ4n) is 0.933. The largest absolute Gasteiger partial charge is 0.497 e. The summed E-state index contributed by atoms with van der Waals surface area (Å²) in [5.41, 5.74) is 0. The van der Waals surface area contributed by atoms with Crippen LogP contribution in [0, 0.1) is 6.79 Å². The number of benzene rings is 1. The molecule has 1 aliphatic rings. The fourth-order valence-corrected chi connectivity index (χ4v) is 0.933. The number of hydrogen-bond acceptors (Lipinski definition) is 3. The van der Waals surface area contributed by atoms with Crippen molar-refractivity contribution in [3.63, 3.8) is 0 Å². The van der Waals surface area contributed by atoms with Crippen molar-refractivity contribution < 1.29 is 14.2 Å². The zero-order valence-corrected chi connectivity index (χ0v) is 6.03. The van der Waals surface area contributed by atoms with Gasteiger partial charge in [0.05, 0.1) is 7.11 Å². The van der Waals surface area contributed by atoms with Gasteiger partial charge in [0.15, 0.2) is 11.5 Å². The minimum absolute atomic E-state index is 0.698. The van der Waals surface area contributed by atoms with E-state index in [0.29, 0.717) is 5.75 Å². The van der Waals surface area contributed by atoms with Crippen molar-refractivity contribution in [2.75, 3.05) is 7.11 Å². The lowest BCUT2D eigenvalue weighted by molar-refractivity contribution is 0.270. The third kappa shape index (κ3) is 0.981. The Bertz CT molecular complexity index is 270. The minimum Gasteiger partial charge on any atom is -0.497 e. The summed E-state index contributed by atoms with van der Waals surface area (Å²) in [4.78, 5) is 0. The van der Waals surface area contributed by atoms with E-state index in [1.165, 1.54) is 6.79 Å². The topological polar surface area (TPSA) is 27.7 Å². The Labute approximate surface area is 64.5 Å². The van der Waals surface area contributed by atoms with Crippen LogP contribution < -0.4 is 14.2 Å². The SMILES string of the molecule is COc1ccc2c(c1)O[CH]O2. The van der Waals surface area contributed by atoms with Crippen LogP contribution in [0.4, 0.5) is 0 Å². The van der Waals surface area contributed by atoms with Crippen LogP contribution in [0.5, 0.6) is 17.2 Å². The first-order chi connectivity index (χ1) is 5.40. The van der Waals surface area contributed by atoms with E-state index < -0.39 is 0 Å². The van der Waals surface area contributed by atoms with Gasteiger partial charge in [0.25, 0.3) is 0 Å². The molecule has 0 bridgehead atoms. The second-order valence-electron chi connectivity index (χ2n) is 2.14. The van der Waals surface area contributed by atoms with Crippen molar-refractivity contribution in [2.45, 2.75) is 0 Å². The third-order valence-corrected chi connectivity index (χ3v) is 1.50. The van der Waals surface area contributed by atoms with Crippen LogP contribution in [-0.2, 0) is 0 Å². The highest BCUT2D eigenvalue weighted by Crippen LogP contribution is 2.36. The van der Waals surface area contributed by atoms with E-state index in [2.05, 4.69) is 0 Å². The molecule has 0 fully saturated rings. The highest BCUT2D eigenvalue weighted by molar-refractivity contribution is 5.47. The minimum atomic E-state index is 0.698. The molecule has 57 valence electrons. The maximum Gasteiger partial charge on any atom is 0.316 e. The van der Waals surface area contributed by atoms with Gasteiger partial charge in [0.2, 0.25) is 0 Å². The molecular formula is C8H7O3. The van der Waals surface area contributed by atoms with Gasteiger partial charge < -0.3 is 14.2 Å². The van der Waals surface area contributed by atoms with Crippen molar-refractivity contribution in [3.05, 3.63) is 25.0 Å². The van der Waals surface area contributed by atoms with Crippen LogP contribution in [0.15, 0.2) is 18.2 Å². The zero-order chi connectivity index (χ0) is 7.68. The Morgan fingerprint density at radius 3 is 2.82 bits per heavy atom. The van der Waals surface area contributed by atoms with Crippen LogP contribution in [0.2, 0.25) is 0 Å². The molecule has 1 heterocycles. The predicted molar refractivity (Wildman–Crippen MR) is 38.6 cm³/mol. The summed E-state index contributed by atoms with van der Waals surface area (Å²) < 4.78 is 15.0. The lowest BCUT2D eigenvalue weighted by atomic mass is 10.3. The smallest absolute Gasteiger partial charge is 0.316 e. The van der Waals surface area contributed by atoms with E-state index in [1.54, 1.807) is 19.2 Å². The van der Waals surface area contributed by atoms with Gasteiger partial charge in [-0.05, 0) is 12.1 Å². The van der Waals surface area contributed by atoms with Gasteiger partial charge in [-0.2, -0.15) is 0 Å². The Kier molecular flexibility index (Phi) is 1.35. The van der Waals surface area contributed by atoms with Gasteiger partial charge >= 0.3 is 6.79 Å². The van der Waals surface area contributed by atoms with Gasteiger partial charge in [-0.1, -0.05) is 0 Å². The molecule has 0 saturated heterocycles. The molecule has 3 heteroatoms. The first-order valence-corrected chi connectivity index (χ1v) is 3.23. The molecule has 3 nitrogen and oxygen atoms in total. The van der Waals surface area contributed by atoms with Crippen LogP contribution in [-0.4, -0.2) is 7.11 Å². The van der Waals surface area contributed by atoms with Crippen molar-refractivity contribution in [1.82, 2.24) is 0 Å². The highest BCUT2D eigenvalue weighted by Gasteiger charge is 2.13. The molecule has 0 N–H and O–H groups in total. The quantitative estimate of drug-likeness (QED) is 0.610. The molecule has 0 spiro atoms. The van der Waals surface area contributed by atoms with Crippen LogP contribution >= 0.6 is 0 Å². The summed E-state index contributed by atoms with van der Waals surface area (Å²) >= 11 is 0. The predicted octanol–water partition coefficient (Wildman–Crippen LogP) is 1.59. The normalized spacial score (nSPS) is 13.2. The highest BCUT2D eigenvalue weighted by atomic mass is 16.7. The lowest BCUT2D eigenvalue weighted by Crippen LogP contribution is -1.83. The zero-order valence-electron chi connectivity index (χ0n) is 6.03. The Morgan fingerprint density at radius 2 is 2.00 bits per heavy atom. The van der Waals surface area contributed by atoms with E-state index in [-0.39, 0.29) is 0 Å². The second-order valence-corrected chi connectivity index (χ2v) is 2.14. The average Bonchev–Trinajstić information content (AvgIpc) is 2.50. The monoisotopic (exact) mass is 151 g/mol. The summed E-state index contributed by atoms with van der Waals surface area (Å²) in [6, 6.07) is 5.40. The first-order valence-electron chi connectivity index (χ1n) is 3.23. The summed E-state index contributed by atoms with van der Waals surface area (Å²) in [5, 5.41) is 0. The second kappa shape index (κ2) is 2.34. The van der Waals surface area contributed by atoms with Gasteiger partial charge in [0.1, 0.15) is 5.75 Å². The fraction of sp³-hybridized carbons (Fsp3) is 0.125. The van der Waals surface area contributed by atoms with Gasteiger partial charge in [-0.15, -0.1) is 0 Å². The summed E-state index contributed by atoms with van der Waals surface area (Å²) in [5.74, 6) is 2.19. The summed E-state index contributed by atoms with van der Waals surface area (Å²) in [6.45, 7) is 1.30. The van der Waals surface area contributed by atoms with E-state index in [9.17, 15) is 0 Å². The Balaban J connectivity index is 2.41. The number of ether oxygens (including phenoxy) is 3. The maximum atomic E-state index is 5.01. The van der Waals surface area contributed by atoms with Gasteiger partial charge in [-0.3, -0.25) is 0 Å². The van der Waals surface area contributed by atoms with Crippen molar-refractivity contribution >= 4 is 0 Å². The molecule has 0 atom stereocenters. The third-order valence-electron chi connectivity index (χ3n) is 1.50. The Hall–Kier alpha value is -1.38. The molecule has 0 unspecified atom stereocenters. The molecule has 1 radical (unpaired) electrons. The Morgan fingerprint density at radius 1 is 1.18 bits per heavy atom. The average molecular weight is 151 g/mol. The van der Waals surface area contributed by atoms with Gasteiger partial charge in [0, 0.05) is 6.07 Å². The van der Waals surface area contributed by atoms with Crippen LogP contribution in [0.25, 0.3) is 0 Å². The standard InChI is InChI=1S/C8H7O3/c1-9-6-2-3-7-8(4-6)11-5-10-7/h2-5H,1H3. The molecule has 11 heavy (non-hydrogen) atoms. The van der Waals surface area contributed by atoms with Crippen molar-refractivity contribution in [1.29, 1.82) is 0 Å². The number of fused-ring (bicyclic) bond motifs is 1.